The third-order valence-corrected chi connectivity index (χ3v) is 4.45. The second kappa shape index (κ2) is 6.85. The van der Waals surface area contributed by atoms with E-state index in [-0.39, 0.29) is 5.92 Å². The number of alkyl halides is 1. The van der Waals surface area contributed by atoms with Gasteiger partial charge in [-0.25, -0.2) is 0 Å². The normalized spacial score (nSPS) is 12.4. The molecule has 19 heavy (non-hydrogen) atoms. The highest BCUT2D eigenvalue weighted by Gasteiger charge is 2.14. The molecule has 0 saturated carbocycles. The number of rotatable bonds is 4. The van der Waals surface area contributed by atoms with Gasteiger partial charge in [-0.05, 0) is 35.7 Å². The molecule has 0 nitrogen and oxygen atoms in total. The maximum Gasteiger partial charge on any atom is 0.0595 e. The highest BCUT2D eigenvalue weighted by Crippen LogP contribution is 2.30. The highest BCUT2D eigenvalue weighted by atomic mass is 35.5. The van der Waals surface area contributed by atoms with Gasteiger partial charge in [0.05, 0.1) is 10.0 Å². The summed E-state index contributed by atoms with van der Waals surface area (Å²) in [6.45, 7) is 0. The molecule has 0 spiro atoms. The van der Waals surface area contributed by atoms with Crippen LogP contribution in [0.5, 0.6) is 0 Å². The Morgan fingerprint density at radius 2 is 1.58 bits per heavy atom. The van der Waals surface area contributed by atoms with Gasteiger partial charge >= 0.3 is 0 Å². The third-order valence-electron chi connectivity index (χ3n) is 3.00. The van der Waals surface area contributed by atoms with E-state index in [1.807, 2.05) is 36.4 Å². The fraction of sp³-hybridized carbons (Fsp3) is 0.200. The van der Waals surface area contributed by atoms with Crippen LogP contribution in [0.2, 0.25) is 15.1 Å². The summed E-state index contributed by atoms with van der Waals surface area (Å²) in [6, 6.07) is 13.4. The molecule has 0 bridgehead atoms. The van der Waals surface area contributed by atoms with Crippen LogP contribution in [0.25, 0.3) is 0 Å². The van der Waals surface area contributed by atoms with E-state index in [9.17, 15) is 0 Å². The number of hydrogen-bond donors (Lipinski definition) is 0. The summed E-state index contributed by atoms with van der Waals surface area (Å²) in [5.41, 5.74) is 2.16. The van der Waals surface area contributed by atoms with Crippen LogP contribution in [-0.4, -0.2) is 5.88 Å². The van der Waals surface area contributed by atoms with Gasteiger partial charge in [0.25, 0.3) is 0 Å². The molecule has 4 heteroatoms. The molecule has 0 heterocycles. The Morgan fingerprint density at radius 1 is 0.842 bits per heavy atom. The highest BCUT2D eigenvalue weighted by molar-refractivity contribution is 6.42. The largest absolute Gasteiger partial charge is 0.126 e. The van der Waals surface area contributed by atoms with E-state index in [0.717, 1.165) is 22.6 Å². The van der Waals surface area contributed by atoms with Gasteiger partial charge in [-0.2, -0.15) is 0 Å². The minimum atomic E-state index is 0.160. The molecule has 0 aromatic heterocycles. The van der Waals surface area contributed by atoms with Crippen LogP contribution in [-0.2, 0) is 6.42 Å². The lowest BCUT2D eigenvalue weighted by Crippen LogP contribution is -2.05. The molecule has 0 saturated heterocycles. The Kier molecular flexibility index (Phi) is 5.41. The molecule has 2 aromatic carbocycles. The third kappa shape index (κ3) is 3.79. The standard InChI is InChI=1S/C15H12Cl4/c16-9-11(12-3-1-2-4-13(12)17)7-10-5-6-14(18)15(19)8-10/h1-6,8,11H,7,9H2. The Labute approximate surface area is 133 Å². The van der Waals surface area contributed by atoms with Crippen molar-refractivity contribution >= 4 is 46.4 Å². The van der Waals surface area contributed by atoms with Gasteiger partial charge in [0.2, 0.25) is 0 Å². The van der Waals surface area contributed by atoms with Crippen molar-refractivity contribution in [3.05, 3.63) is 68.7 Å². The fourth-order valence-electron chi connectivity index (χ4n) is 2.00. The van der Waals surface area contributed by atoms with Crippen molar-refractivity contribution in [1.29, 1.82) is 0 Å². The van der Waals surface area contributed by atoms with E-state index in [0.29, 0.717) is 15.9 Å². The van der Waals surface area contributed by atoms with Crippen LogP contribution in [0.4, 0.5) is 0 Å². The topological polar surface area (TPSA) is 0 Å². The van der Waals surface area contributed by atoms with E-state index in [1.165, 1.54) is 0 Å². The molecule has 2 aromatic rings. The molecule has 0 radical (unpaired) electrons. The maximum atomic E-state index is 6.21. The monoisotopic (exact) mass is 332 g/mol. The van der Waals surface area contributed by atoms with E-state index >= 15 is 0 Å². The molecule has 0 N–H and O–H groups in total. The Bertz CT molecular complexity index is 566. The summed E-state index contributed by atoms with van der Waals surface area (Å²) in [5, 5.41) is 1.87. The van der Waals surface area contributed by atoms with Crippen molar-refractivity contribution in [3.63, 3.8) is 0 Å². The van der Waals surface area contributed by atoms with Crippen LogP contribution < -0.4 is 0 Å². The van der Waals surface area contributed by atoms with Crippen LogP contribution in [0.1, 0.15) is 17.0 Å². The van der Waals surface area contributed by atoms with Crippen molar-refractivity contribution in [1.82, 2.24) is 0 Å². The fourth-order valence-corrected chi connectivity index (χ4v) is 2.89. The summed E-state index contributed by atoms with van der Waals surface area (Å²) in [5.74, 6) is 0.664. The lowest BCUT2D eigenvalue weighted by atomic mass is 9.93. The van der Waals surface area contributed by atoms with E-state index < -0.39 is 0 Å². The van der Waals surface area contributed by atoms with E-state index in [2.05, 4.69) is 0 Å². The van der Waals surface area contributed by atoms with Crippen molar-refractivity contribution in [2.24, 2.45) is 0 Å². The minimum absolute atomic E-state index is 0.160. The van der Waals surface area contributed by atoms with Gasteiger partial charge in [-0.3, -0.25) is 0 Å². The lowest BCUT2D eigenvalue weighted by molar-refractivity contribution is 0.766. The Morgan fingerprint density at radius 3 is 2.21 bits per heavy atom. The predicted molar refractivity (Wildman–Crippen MR) is 85.1 cm³/mol. The molecular formula is C15H12Cl4. The first-order chi connectivity index (χ1) is 9.11. The number of halogens is 4. The lowest BCUT2D eigenvalue weighted by Gasteiger charge is -2.16. The van der Waals surface area contributed by atoms with E-state index in [1.54, 1.807) is 6.07 Å². The summed E-state index contributed by atoms with van der Waals surface area (Å²) in [7, 11) is 0. The molecule has 0 aliphatic heterocycles. The maximum absolute atomic E-state index is 6.21. The molecule has 1 atom stereocenters. The SMILES string of the molecule is ClCC(Cc1ccc(Cl)c(Cl)c1)c1ccccc1Cl. The van der Waals surface area contributed by atoms with Gasteiger partial charge in [0.15, 0.2) is 0 Å². The first-order valence-electron chi connectivity index (χ1n) is 5.86. The summed E-state index contributed by atoms with van der Waals surface area (Å²) < 4.78 is 0. The first kappa shape index (κ1) is 15.0. The average Bonchev–Trinajstić information content (AvgIpc) is 2.41. The second-order valence-corrected chi connectivity index (χ2v) is 5.86. The van der Waals surface area contributed by atoms with Crippen LogP contribution in [0, 0.1) is 0 Å². The second-order valence-electron chi connectivity index (χ2n) is 4.33. The number of benzene rings is 2. The first-order valence-corrected chi connectivity index (χ1v) is 7.53. The van der Waals surface area contributed by atoms with E-state index in [4.69, 9.17) is 46.4 Å². The predicted octanol–water partition coefficient (Wildman–Crippen LogP) is 6.21. The summed E-state index contributed by atoms with van der Waals surface area (Å²) in [6.07, 6.45) is 0.782. The molecule has 0 aliphatic carbocycles. The van der Waals surface area contributed by atoms with Gasteiger partial charge in [0, 0.05) is 16.8 Å². The van der Waals surface area contributed by atoms with Crippen molar-refractivity contribution in [2.45, 2.75) is 12.3 Å². The summed E-state index contributed by atoms with van der Waals surface area (Å²) >= 11 is 24.2. The van der Waals surface area contributed by atoms with Crippen LogP contribution in [0.15, 0.2) is 42.5 Å². The quantitative estimate of drug-likeness (QED) is 0.583. The van der Waals surface area contributed by atoms with Gasteiger partial charge < -0.3 is 0 Å². The molecule has 0 aliphatic rings. The van der Waals surface area contributed by atoms with Crippen LogP contribution >= 0.6 is 46.4 Å². The van der Waals surface area contributed by atoms with Crippen molar-refractivity contribution < 1.29 is 0 Å². The van der Waals surface area contributed by atoms with Gasteiger partial charge in [-0.1, -0.05) is 59.1 Å². The minimum Gasteiger partial charge on any atom is -0.126 e. The van der Waals surface area contributed by atoms with Crippen molar-refractivity contribution in [2.75, 3.05) is 5.88 Å². The van der Waals surface area contributed by atoms with Crippen LogP contribution in [0.3, 0.4) is 0 Å². The smallest absolute Gasteiger partial charge is 0.0595 e. The van der Waals surface area contributed by atoms with Gasteiger partial charge in [-0.15, -0.1) is 11.6 Å². The molecule has 2 rings (SSSR count). The average molecular weight is 334 g/mol. The van der Waals surface area contributed by atoms with Gasteiger partial charge in [0.1, 0.15) is 0 Å². The zero-order chi connectivity index (χ0) is 13.8. The molecular weight excluding hydrogens is 322 g/mol. The molecule has 100 valence electrons. The number of hydrogen-bond acceptors (Lipinski definition) is 0. The van der Waals surface area contributed by atoms with Crippen molar-refractivity contribution in [3.8, 4) is 0 Å². The zero-order valence-electron chi connectivity index (χ0n) is 10.0. The Hall–Kier alpha value is -0.400. The summed E-state index contributed by atoms with van der Waals surface area (Å²) in [4.78, 5) is 0. The molecule has 1 unspecified atom stereocenters. The zero-order valence-corrected chi connectivity index (χ0v) is 13.1. The molecule has 0 amide bonds. The Balaban J connectivity index is 2.24. The molecule has 0 fully saturated rings.